The molecule has 1 heterocycles. The van der Waals surface area contributed by atoms with Crippen molar-refractivity contribution < 1.29 is 4.79 Å². The first-order chi connectivity index (χ1) is 9.23. The van der Waals surface area contributed by atoms with Gasteiger partial charge < -0.3 is 0 Å². The monoisotopic (exact) mass is 320 g/mol. The normalized spacial score (nSPS) is 21.1. The molecule has 2 aliphatic rings. The van der Waals surface area contributed by atoms with Gasteiger partial charge in [-0.25, -0.2) is 4.79 Å². The number of rotatable bonds is 4. The topological polar surface area (TPSA) is 32.7 Å². The maximum atomic E-state index is 10.5. The molecule has 1 aromatic carbocycles. The summed E-state index contributed by atoms with van der Waals surface area (Å²) >= 11 is 3.66. The maximum absolute atomic E-state index is 10.5. The number of isocyanates is 1. The standard InChI is InChI=1S/C15H17BrN2O/c16-14-9-13(15(5-6-15)17-11-19)4-3-12(14)10-18-7-1-2-8-18/h3-4,9H,1-2,5-8,10H2. The van der Waals surface area contributed by atoms with E-state index in [2.05, 4.69) is 44.0 Å². The quantitative estimate of drug-likeness (QED) is 0.629. The van der Waals surface area contributed by atoms with Crippen molar-refractivity contribution in [2.45, 2.75) is 37.8 Å². The highest BCUT2D eigenvalue weighted by molar-refractivity contribution is 9.10. The molecule has 2 fully saturated rings. The first kappa shape index (κ1) is 13.0. The van der Waals surface area contributed by atoms with E-state index in [9.17, 15) is 4.79 Å². The Morgan fingerprint density at radius 3 is 2.63 bits per heavy atom. The summed E-state index contributed by atoms with van der Waals surface area (Å²) in [4.78, 5) is 17.0. The van der Waals surface area contributed by atoms with Crippen LogP contribution >= 0.6 is 15.9 Å². The average molecular weight is 321 g/mol. The molecule has 3 nitrogen and oxygen atoms in total. The lowest BCUT2D eigenvalue weighted by Gasteiger charge is -2.17. The Morgan fingerprint density at radius 1 is 1.32 bits per heavy atom. The van der Waals surface area contributed by atoms with E-state index in [1.807, 2.05) is 0 Å². The molecule has 4 heteroatoms. The zero-order valence-electron chi connectivity index (χ0n) is 10.9. The Labute approximate surface area is 121 Å². The summed E-state index contributed by atoms with van der Waals surface area (Å²) in [6, 6.07) is 6.40. The maximum Gasteiger partial charge on any atom is 0.235 e. The highest BCUT2D eigenvalue weighted by atomic mass is 79.9. The molecule has 1 aliphatic heterocycles. The van der Waals surface area contributed by atoms with Crippen LogP contribution in [0.5, 0.6) is 0 Å². The van der Waals surface area contributed by atoms with Gasteiger partial charge in [0.1, 0.15) is 0 Å². The van der Waals surface area contributed by atoms with Gasteiger partial charge in [0.2, 0.25) is 6.08 Å². The number of hydrogen-bond acceptors (Lipinski definition) is 3. The summed E-state index contributed by atoms with van der Waals surface area (Å²) < 4.78 is 1.13. The van der Waals surface area contributed by atoms with Crippen molar-refractivity contribution in [2.75, 3.05) is 13.1 Å². The molecule has 1 saturated heterocycles. The number of carbonyl (C=O) groups excluding carboxylic acids is 1. The van der Waals surface area contributed by atoms with E-state index >= 15 is 0 Å². The molecule has 1 aliphatic carbocycles. The van der Waals surface area contributed by atoms with Gasteiger partial charge in [0.25, 0.3) is 0 Å². The van der Waals surface area contributed by atoms with E-state index in [1.165, 1.54) is 31.5 Å². The molecule has 19 heavy (non-hydrogen) atoms. The Bertz CT molecular complexity index is 527. The van der Waals surface area contributed by atoms with Crippen LogP contribution in [0.1, 0.15) is 36.8 Å². The van der Waals surface area contributed by atoms with Crippen molar-refractivity contribution in [3.05, 3.63) is 33.8 Å². The number of halogens is 1. The van der Waals surface area contributed by atoms with Crippen LogP contribution in [0.3, 0.4) is 0 Å². The van der Waals surface area contributed by atoms with Gasteiger partial charge in [0.05, 0.1) is 5.54 Å². The van der Waals surface area contributed by atoms with Crippen molar-refractivity contribution in [3.8, 4) is 0 Å². The fraction of sp³-hybridized carbons (Fsp3) is 0.533. The average Bonchev–Trinajstić information content (AvgIpc) is 3.00. The number of hydrogen-bond donors (Lipinski definition) is 0. The minimum absolute atomic E-state index is 0.267. The molecule has 0 spiro atoms. The molecule has 0 atom stereocenters. The molecule has 0 N–H and O–H groups in total. The Hall–Kier alpha value is -0.960. The smallest absolute Gasteiger partial charge is 0.235 e. The van der Waals surface area contributed by atoms with Gasteiger partial charge in [-0.1, -0.05) is 28.1 Å². The lowest BCUT2D eigenvalue weighted by molar-refractivity contribution is 0.331. The van der Waals surface area contributed by atoms with Crippen LogP contribution in [0.15, 0.2) is 27.7 Å². The zero-order valence-corrected chi connectivity index (χ0v) is 12.4. The number of nitrogens with zero attached hydrogens (tertiary/aromatic N) is 2. The molecule has 0 unspecified atom stereocenters. The minimum atomic E-state index is -0.267. The van der Waals surface area contributed by atoms with Crippen molar-refractivity contribution in [1.29, 1.82) is 0 Å². The van der Waals surface area contributed by atoms with E-state index in [4.69, 9.17) is 0 Å². The summed E-state index contributed by atoms with van der Waals surface area (Å²) in [6.07, 6.45) is 6.25. The van der Waals surface area contributed by atoms with E-state index < -0.39 is 0 Å². The lowest BCUT2D eigenvalue weighted by Crippen LogP contribution is -2.18. The van der Waals surface area contributed by atoms with Crippen molar-refractivity contribution in [2.24, 2.45) is 4.99 Å². The van der Waals surface area contributed by atoms with Gasteiger partial charge in [0, 0.05) is 11.0 Å². The lowest BCUT2D eigenvalue weighted by atomic mass is 10.0. The molecule has 1 aromatic rings. The summed E-state index contributed by atoms with van der Waals surface area (Å²) in [5, 5.41) is 0. The minimum Gasteiger partial charge on any atom is -0.299 e. The third-order valence-electron chi connectivity index (χ3n) is 4.17. The summed E-state index contributed by atoms with van der Waals surface area (Å²) in [5.74, 6) is 0. The predicted molar refractivity (Wildman–Crippen MR) is 77.7 cm³/mol. The molecule has 3 rings (SSSR count). The van der Waals surface area contributed by atoms with Gasteiger partial charge in [-0.2, -0.15) is 4.99 Å². The van der Waals surface area contributed by atoms with E-state index in [0.717, 1.165) is 29.4 Å². The summed E-state index contributed by atoms with van der Waals surface area (Å²) in [7, 11) is 0. The molecule has 0 amide bonds. The zero-order chi connectivity index (χ0) is 13.3. The molecule has 0 aromatic heterocycles. The predicted octanol–water partition coefficient (Wildman–Crippen LogP) is 3.37. The second kappa shape index (κ2) is 5.20. The fourth-order valence-electron chi connectivity index (χ4n) is 2.82. The van der Waals surface area contributed by atoms with Crippen LogP contribution in [-0.2, 0) is 16.9 Å². The first-order valence-electron chi connectivity index (χ1n) is 6.84. The largest absolute Gasteiger partial charge is 0.299 e. The molecule has 0 radical (unpaired) electrons. The second-order valence-electron chi connectivity index (χ2n) is 5.52. The number of likely N-dealkylation sites (tertiary alicyclic amines) is 1. The fourth-order valence-corrected chi connectivity index (χ4v) is 3.32. The first-order valence-corrected chi connectivity index (χ1v) is 7.63. The van der Waals surface area contributed by atoms with Crippen molar-refractivity contribution >= 4 is 22.0 Å². The highest BCUT2D eigenvalue weighted by Crippen LogP contribution is 2.49. The second-order valence-corrected chi connectivity index (χ2v) is 6.38. The molecular weight excluding hydrogens is 304 g/mol. The Kier molecular flexibility index (Phi) is 3.57. The van der Waals surface area contributed by atoms with Crippen molar-refractivity contribution in [1.82, 2.24) is 4.90 Å². The SMILES string of the molecule is O=C=NC1(c2ccc(CN3CCCC3)c(Br)c2)CC1. The van der Waals surface area contributed by atoms with Crippen LogP contribution in [0.2, 0.25) is 0 Å². The van der Waals surface area contributed by atoms with Crippen LogP contribution in [0.4, 0.5) is 0 Å². The Balaban J connectivity index is 1.79. The number of aliphatic imine (C=N–C) groups is 1. The van der Waals surface area contributed by atoms with Gasteiger partial charge in [0.15, 0.2) is 0 Å². The molecule has 0 bridgehead atoms. The summed E-state index contributed by atoms with van der Waals surface area (Å²) in [6.45, 7) is 3.41. The third-order valence-corrected chi connectivity index (χ3v) is 4.90. The van der Waals surface area contributed by atoms with E-state index in [-0.39, 0.29) is 5.54 Å². The third kappa shape index (κ3) is 2.66. The van der Waals surface area contributed by atoms with Gasteiger partial charge in [-0.05, 0) is 56.0 Å². The van der Waals surface area contributed by atoms with Crippen LogP contribution in [0, 0.1) is 0 Å². The molecular formula is C15H17BrN2O. The van der Waals surface area contributed by atoms with Gasteiger partial charge in [-0.15, -0.1) is 0 Å². The summed E-state index contributed by atoms with van der Waals surface area (Å²) in [5.41, 5.74) is 2.18. The van der Waals surface area contributed by atoms with Crippen LogP contribution in [-0.4, -0.2) is 24.1 Å². The highest BCUT2D eigenvalue weighted by Gasteiger charge is 2.44. The Morgan fingerprint density at radius 2 is 2.05 bits per heavy atom. The van der Waals surface area contributed by atoms with Crippen LogP contribution in [0.25, 0.3) is 0 Å². The van der Waals surface area contributed by atoms with E-state index in [0.29, 0.717) is 0 Å². The van der Waals surface area contributed by atoms with Crippen LogP contribution < -0.4 is 0 Å². The number of benzene rings is 1. The molecule has 1 saturated carbocycles. The van der Waals surface area contributed by atoms with Gasteiger partial charge >= 0.3 is 0 Å². The van der Waals surface area contributed by atoms with Crippen molar-refractivity contribution in [3.63, 3.8) is 0 Å². The molecule has 100 valence electrons. The van der Waals surface area contributed by atoms with Gasteiger partial charge in [-0.3, -0.25) is 4.90 Å². The van der Waals surface area contributed by atoms with E-state index in [1.54, 1.807) is 6.08 Å².